The number of hydrogen-bond acceptors (Lipinski definition) is 2. The molecule has 0 saturated heterocycles. The third-order valence-electron chi connectivity index (χ3n) is 1.22. The van der Waals surface area contributed by atoms with E-state index in [-0.39, 0.29) is 0.355 Å². The van der Waals surface area contributed by atoms with Crippen molar-refractivity contribution in [2.24, 2.45) is 0 Å². The molecular formula is C8H14EuO2. The van der Waals surface area contributed by atoms with Crippen LogP contribution in [0, 0.1) is 44.6 Å². The fourth-order valence-electron chi connectivity index (χ4n) is 0.710. The molecule has 0 fully saturated rings. The summed E-state index contributed by atoms with van der Waals surface area (Å²) in [5.74, 6) is 0. The van der Waals surface area contributed by atoms with Crippen LogP contribution in [-0.4, -0.2) is 0.355 Å². The summed E-state index contributed by atoms with van der Waals surface area (Å²) in [6, 6.07) is 0. The molecule has 0 aliphatic heterocycles. The van der Waals surface area contributed by atoms with E-state index in [2.05, 4.69) is 6.92 Å². The quantitative estimate of drug-likeness (QED) is 0.699. The Morgan fingerprint density at radius 1 is 1.27 bits per heavy atom. The van der Waals surface area contributed by atoms with Crippen LogP contribution < -0.4 is 0 Å². The molecule has 0 aromatic carbocycles. The molecule has 11 heavy (non-hydrogen) atoms. The minimum atomic E-state index is -1.15. The zero-order valence-corrected chi connectivity index (χ0v) is 9.45. The van der Waals surface area contributed by atoms with Crippen LogP contribution in [0.4, 0.5) is 0 Å². The average molecular weight is 294 g/mol. The van der Waals surface area contributed by atoms with Crippen LogP contribution >= 0.6 is 0 Å². The first-order valence-corrected chi connectivity index (χ1v) is 6.27. The molecule has 0 aromatic rings. The first-order chi connectivity index (χ1) is 5.16. The molecule has 2 nitrogen and oxygen atoms in total. The minimum absolute atomic E-state index is 0.131. The molecule has 0 aliphatic rings. The van der Waals surface area contributed by atoms with E-state index in [4.69, 9.17) is 0 Å². The van der Waals surface area contributed by atoms with Crippen LogP contribution in [0.5, 0.6) is 0 Å². The van der Waals surface area contributed by atoms with Gasteiger partial charge < -0.3 is 0 Å². The number of carbonyl (C=O) groups is 2. The summed E-state index contributed by atoms with van der Waals surface area (Å²) in [7, 11) is 0. The van der Waals surface area contributed by atoms with E-state index >= 15 is 0 Å². The van der Waals surface area contributed by atoms with Crippen molar-refractivity contribution in [1.29, 1.82) is 0 Å². The van der Waals surface area contributed by atoms with Gasteiger partial charge in [0.05, 0.1) is 0 Å². The molecule has 0 bridgehead atoms. The summed E-state index contributed by atoms with van der Waals surface area (Å²) >= 11 is -1.15. The summed E-state index contributed by atoms with van der Waals surface area (Å²) in [4.78, 5) is 21.5. The van der Waals surface area contributed by atoms with E-state index < -0.39 is 44.6 Å². The third-order valence-corrected chi connectivity index (χ3v) is 3.35. The van der Waals surface area contributed by atoms with Crippen molar-refractivity contribution in [3.8, 4) is 0 Å². The maximum absolute atomic E-state index is 11.0. The number of rotatable bonds is 6. The molecule has 0 atom stereocenters. The Labute approximate surface area is 92.7 Å². The molecule has 0 saturated carbocycles. The van der Waals surface area contributed by atoms with Crippen molar-refractivity contribution < 1.29 is 54.2 Å². The Morgan fingerprint density at radius 2 is 1.91 bits per heavy atom. The zero-order chi connectivity index (χ0) is 8.69. The first kappa shape index (κ1) is 11.9. The fraction of sp³-hybridized carbons (Fsp3) is 0.750. The Kier molecular flexibility index (Phi) is 8.20. The van der Waals surface area contributed by atoms with Crippen molar-refractivity contribution in [3.05, 3.63) is 0 Å². The van der Waals surface area contributed by atoms with Crippen LogP contribution in [0.3, 0.4) is 0 Å². The van der Waals surface area contributed by atoms with Crippen LogP contribution in [-0.2, 0) is 9.59 Å². The van der Waals surface area contributed by atoms with Crippen molar-refractivity contribution in [2.45, 2.75) is 39.5 Å². The van der Waals surface area contributed by atoms with Gasteiger partial charge in [0.2, 0.25) is 0 Å². The van der Waals surface area contributed by atoms with Crippen molar-refractivity contribution >= 4 is 0.355 Å². The Hall–Kier alpha value is 0.924. The molecule has 0 heterocycles. The summed E-state index contributed by atoms with van der Waals surface area (Å²) in [5, 5.41) is 0. The van der Waals surface area contributed by atoms with Crippen molar-refractivity contribution in [2.75, 3.05) is 0 Å². The molecule has 0 N–H and O–H groups in total. The van der Waals surface area contributed by atoms with Gasteiger partial charge in [-0.05, 0) is 0 Å². The first-order valence-electron chi connectivity index (χ1n) is 3.85. The second kappa shape index (κ2) is 7.57. The van der Waals surface area contributed by atoms with E-state index in [1.165, 1.54) is 6.92 Å². The second-order valence-electron chi connectivity index (χ2n) is 2.38. The predicted molar refractivity (Wildman–Crippen MR) is 39.8 cm³/mol. The summed E-state index contributed by atoms with van der Waals surface area (Å²) in [5.41, 5.74) is 0. The molecule has 0 aliphatic carbocycles. The van der Waals surface area contributed by atoms with Gasteiger partial charge in [0.15, 0.2) is 0 Å². The molecule has 65 valence electrons. The summed E-state index contributed by atoms with van der Waals surface area (Å²) in [6.45, 7) is 3.63. The van der Waals surface area contributed by atoms with E-state index in [0.717, 1.165) is 19.3 Å². The van der Waals surface area contributed by atoms with Gasteiger partial charge in [0, 0.05) is 0 Å². The van der Waals surface area contributed by atoms with Gasteiger partial charge in [-0.1, -0.05) is 0 Å². The van der Waals surface area contributed by atoms with E-state index in [1.54, 1.807) is 0 Å². The summed E-state index contributed by atoms with van der Waals surface area (Å²) < 4.78 is 0.373. The normalized spacial score (nSPS) is 9.64. The van der Waals surface area contributed by atoms with Crippen molar-refractivity contribution in [1.82, 2.24) is 0 Å². The molecule has 0 spiro atoms. The van der Waals surface area contributed by atoms with Gasteiger partial charge >= 0.3 is 94.1 Å². The monoisotopic (exact) mass is 295 g/mol. The van der Waals surface area contributed by atoms with Gasteiger partial charge in [-0.25, -0.2) is 0 Å². The number of unbranched alkanes of at least 4 members (excludes halogenated alkanes) is 2. The predicted octanol–water partition coefficient (Wildman–Crippen LogP) is 1.72. The van der Waals surface area contributed by atoms with Crippen LogP contribution in [0.25, 0.3) is 0 Å². The van der Waals surface area contributed by atoms with Gasteiger partial charge in [-0.2, -0.15) is 0 Å². The van der Waals surface area contributed by atoms with Crippen LogP contribution in [0.1, 0.15) is 39.5 Å². The van der Waals surface area contributed by atoms with Crippen LogP contribution in [0.2, 0.25) is 0 Å². The Morgan fingerprint density at radius 3 is 2.36 bits per heavy atom. The van der Waals surface area contributed by atoms with Gasteiger partial charge in [-0.15, -0.1) is 0 Å². The van der Waals surface area contributed by atoms with Gasteiger partial charge in [0.1, 0.15) is 0 Å². The number of carbonyl (C=O) groups excluding carboxylic acids is 2. The standard InChI is InChI=1S/C6H11O.C2H3O.Eu/c1-2-3-4-5-6-7;1-2-3;/h2-5H2,1H3;1H3;. The molecule has 0 radical (unpaired) electrons. The summed E-state index contributed by atoms with van der Waals surface area (Å²) in [6.07, 6.45) is 3.86. The van der Waals surface area contributed by atoms with E-state index in [0.29, 0.717) is 6.42 Å². The molecule has 0 aromatic heterocycles. The second-order valence-corrected chi connectivity index (χ2v) is 6.04. The molecule has 0 rings (SSSR count). The SMILES string of the molecule is CCCCC[C](=O)[Eu][C](C)=O. The average Bonchev–Trinajstić information content (AvgIpc) is 1.86. The molecule has 3 heteroatoms. The molecular weight excluding hydrogens is 280 g/mol. The zero-order valence-electron chi connectivity index (χ0n) is 7.02. The third kappa shape index (κ3) is 8.83. The van der Waals surface area contributed by atoms with Crippen LogP contribution in [0.15, 0.2) is 0 Å². The Bertz CT molecular complexity index is 143. The van der Waals surface area contributed by atoms with E-state index in [9.17, 15) is 9.59 Å². The maximum atomic E-state index is 11.0. The van der Waals surface area contributed by atoms with Gasteiger partial charge in [-0.3, -0.25) is 0 Å². The fourth-order valence-corrected chi connectivity index (χ4v) is 2.39. The van der Waals surface area contributed by atoms with Crippen molar-refractivity contribution in [3.63, 3.8) is 0 Å². The molecule has 0 unspecified atom stereocenters. The number of hydrogen-bond donors (Lipinski definition) is 0. The van der Waals surface area contributed by atoms with Gasteiger partial charge in [0.25, 0.3) is 0 Å². The molecule has 0 amide bonds. The Balaban J connectivity index is 3.30. The topological polar surface area (TPSA) is 34.1 Å². The van der Waals surface area contributed by atoms with E-state index in [1.807, 2.05) is 0 Å².